The summed E-state index contributed by atoms with van der Waals surface area (Å²) >= 11 is 3.36. The molecule has 0 saturated heterocycles. The molecule has 1 aromatic carbocycles. The zero-order chi connectivity index (χ0) is 22.4. The van der Waals surface area contributed by atoms with Crippen molar-refractivity contribution in [1.82, 2.24) is 20.1 Å². The van der Waals surface area contributed by atoms with Crippen LogP contribution in [0, 0.1) is 6.92 Å². The fraction of sp³-hybridized carbons (Fsp3) is 0.240. The van der Waals surface area contributed by atoms with Crippen molar-refractivity contribution in [2.75, 3.05) is 0 Å². The minimum absolute atomic E-state index is 0.136. The quantitative estimate of drug-likeness (QED) is 0.341. The maximum Gasteiger partial charge on any atom is 0.251 e. The molecule has 0 aliphatic rings. The van der Waals surface area contributed by atoms with Crippen molar-refractivity contribution in [3.05, 3.63) is 87.4 Å². The number of halogens is 1. The molecule has 0 atom stereocenters. The van der Waals surface area contributed by atoms with E-state index in [9.17, 15) is 4.79 Å². The van der Waals surface area contributed by atoms with Gasteiger partial charge in [-0.25, -0.2) is 9.67 Å². The van der Waals surface area contributed by atoms with Gasteiger partial charge < -0.3 is 5.32 Å². The van der Waals surface area contributed by atoms with Gasteiger partial charge in [-0.1, -0.05) is 36.3 Å². The molecule has 3 aromatic rings. The van der Waals surface area contributed by atoms with E-state index < -0.39 is 0 Å². The zero-order valence-electron chi connectivity index (χ0n) is 18.3. The van der Waals surface area contributed by atoms with Crippen molar-refractivity contribution in [3.63, 3.8) is 0 Å². The van der Waals surface area contributed by atoms with Crippen molar-refractivity contribution in [3.8, 4) is 5.69 Å². The third-order valence-corrected chi connectivity index (χ3v) is 5.53. The van der Waals surface area contributed by atoms with Gasteiger partial charge in [-0.2, -0.15) is 5.10 Å². The number of allylic oxidation sites excluding steroid dienone is 2. The molecule has 0 bridgehead atoms. The molecule has 1 N–H and O–H groups in total. The van der Waals surface area contributed by atoms with E-state index in [-0.39, 0.29) is 5.91 Å². The van der Waals surface area contributed by atoms with E-state index in [0.29, 0.717) is 12.1 Å². The zero-order valence-corrected chi connectivity index (χ0v) is 19.9. The lowest BCUT2D eigenvalue weighted by Crippen LogP contribution is -2.24. The molecule has 0 spiro atoms. The molecule has 160 valence electrons. The molecule has 0 saturated carbocycles. The molecule has 6 heteroatoms. The topological polar surface area (TPSA) is 59.8 Å². The van der Waals surface area contributed by atoms with Crippen LogP contribution in [0.5, 0.6) is 0 Å². The Bertz CT molecular complexity index is 1130. The lowest BCUT2D eigenvalue weighted by Gasteiger charge is -2.11. The molecule has 1 amide bonds. The van der Waals surface area contributed by atoms with Gasteiger partial charge in [0.05, 0.1) is 17.6 Å². The number of hydrogen-bond donors (Lipinski definition) is 1. The highest BCUT2D eigenvalue weighted by atomic mass is 79.9. The van der Waals surface area contributed by atoms with Crippen LogP contribution < -0.4 is 5.32 Å². The second-order valence-corrected chi connectivity index (χ2v) is 8.22. The number of pyridine rings is 1. The number of aromatic nitrogens is 3. The van der Waals surface area contributed by atoms with Gasteiger partial charge in [-0.05, 0) is 79.0 Å². The highest BCUT2D eigenvalue weighted by Crippen LogP contribution is 2.25. The largest absolute Gasteiger partial charge is 0.348 e. The maximum absolute atomic E-state index is 13.1. The normalized spacial score (nSPS) is 12.2. The number of amides is 1. The van der Waals surface area contributed by atoms with Crippen molar-refractivity contribution in [2.24, 2.45) is 0 Å². The number of rotatable bonds is 7. The van der Waals surface area contributed by atoms with Gasteiger partial charge in [0.2, 0.25) is 0 Å². The number of benzene rings is 1. The number of hydrogen-bond acceptors (Lipinski definition) is 3. The highest BCUT2D eigenvalue weighted by Gasteiger charge is 2.19. The number of carbonyl (C=O) groups is 1. The Labute approximate surface area is 192 Å². The number of carbonyl (C=O) groups excluding carboxylic acids is 1. The van der Waals surface area contributed by atoms with Crippen LogP contribution in [0.1, 0.15) is 49.6 Å². The standard InChI is InChI=1S/C25H27BrN4O/c1-5-17(3)13-23-22(16-29-30(23)20-9-7-18(4)8-10-20)21(6-2)25(31)28-15-19-11-12-27-24(26)14-19/h6-14,16H,5,15H2,1-4H3,(H,28,31)/b17-13+,21-6+. The first-order valence-corrected chi connectivity index (χ1v) is 11.1. The van der Waals surface area contributed by atoms with Gasteiger partial charge in [-0.15, -0.1) is 0 Å². The van der Waals surface area contributed by atoms with Crippen molar-refractivity contribution in [1.29, 1.82) is 0 Å². The number of nitrogens with zero attached hydrogens (tertiary/aromatic N) is 3. The van der Waals surface area contributed by atoms with E-state index in [2.05, 4.69) is 70.3 Å². The van der Waals surface area contributed by atoms with Crippen LogP contribution >= 0.6 is 15.9 Å². The molecule has 0 fully saturated rings. The molecule has 2 aromatic heterocycles. The molecule has 3 rings (SSSR count). The Morgan fingerprint density at radius 2 is 1.97 bits per heavy atom. The molecule has 0 radical (unpaired) electrons. The van der Waals surface area contributed by atoms with Crippen LogP contribution in [0.2, 0.25) is 0 Å². The van der Waals surface area contributed by atoms with Gasteiger partial charge in [0.15, 0.2) is 0 Å². The lowest BCUT2D eigenvalue weighted by molar-refractivity contribution is -0.115. The molecular weight excluding hydrogens is 452 g/mol. The Balaban J connectivity index is 1.95. The van der Waals surface area contributed by atoms with E-state index in [4.69, 9.17) is 0 Å². The van der Waals surface area contributed by atoms with Crippen LogP contribution in [-0.2, 0) is 11.3 Å². The Morgan fingerprint density at radius 1 is 1.23 bits per heavy atom. The molecule has 0 aliphatic carbocycles. The number of nitrogens with one attached hydrogen (secondary N) is 1. The second kappa shape index (κ2) is 10.4. The van der Waals surface area contributed by atoms with E-state index in [0.717, 1.165) is 33.5 Å². The fourth-order valence-corrected chi connectivity index (χ4v) is 3.58. The first kappa shape index (κ1) is 22.7. The predicted molar refractivity (Wildman–Crippen MR) is 130 cm³/mol. The molecule has 5 nitrogen and oxygen atoms in total. The summed E-state index contributed by atoms with van der Waals surface area (Å²) in [4.78, 5) is 17.2. The van der Waals surface area contributed by atoms with Gasteiger partial charge in [-0.3, -0.25) is 4.79 Å². The summed E-state index contributed by atoms with van der Waals surface area (Å²) in [7, 11) is 0. The summed E-state index contributed by atoms with van der Waals surface area (Å²) in [5.41, 5.74) is 6.65. The van der Waals surface area contributed by atoms with Crippen LogP contribution in [0.4, 0.5) is 0 Å². The Kier molecular flexibility index (Phi) is 7.58. The summed E-state index contributed by atoms with van der Waals surface area (Å²) in [5.74, 6) is -0.136. The lowest BCUT2D eigenvalue weighted by atomic mass is 10.0. The maximum atomic E-state index is 13.1. The van der Waals surface area contributed by atoms with Crippen LogP contribution in [0.3, 0.4) is 0 Å². The van der Waals surface area contributed by atoms with Gasteiger partial charge in [0.1, 0.15) is 4.60 Å². The summed E-state index contributed by atoms with van der Waals surface area (Å²) < 4.78 is 2.64. The summed E-state index contributed by atoms with van der Waals surface area (Å²) in [6.45, 7) is 8.56. The van der Waals surface area contributed by atoms with Crippen molar-refractivity contribution >= 4 is 33.5 Å². The predicted octanol–water partition coefficient (Wildman–Crippen LogP) is 5.87. The first-order valence-electron chi connectivity index (χ1n) is 10.3. The van der Waals surface area contributed by atoms with Crippen molar-refractivity contribution in [2.45, 2.75) is 40.7 Å². The smallest absolute Gasteiger partial charge is 0.251 e. The highest BCUT2D eigenvalue weighted by molar-refractivity contribution is 9.10. The SMILES string of the molecule is C/C=C(/C(=O)NCc1ccnc(Br)c1)c1cnn(-c2ccc(C)cc2)c1/C=C(\C)CC. The third-order valence-electron chi connectivity index (χ3n) is 5.09. The van der Waals surface area contributed by atoms with Crippen LogP contribution in [0.15, 0.2) is 65.0 Å². The minimum atomic E-state index is -0.136. The third kappa shape index (κ3) is 5.58. The van der Waals surface area contributed by atoms with Crippen molar-refractivity contribution < 1.29 is 4.79 Å². The van der Waals surface area contributed by atoms with Crippen LogP contribution in [0.25, 0.3) is 17.3 Å². The van der Waals surface area contributed by atoms with E-state index in [1.165, 1.54) is 11.1 Å². The summed E-state index contributed by atoms with van der Waals surface area (Å²) in [6.07, 6.45) is 8.36. The first-order chi connectivity index (χ1) is 14.9. The van der Waals surface area contributed by atoms with Gasteiger partial charge in [0.25, 0.3) is 5.91 Å². The van der Waals surface area contributed by atoms with Gasteiger partial charge in [0, 0.05) is 23.9 Å². The summed E-state index contributed by atoms with van der Waals surface area (Å²) in [5, 5.41) is 7.63. The van der Waals surface area contributed by atoms with Gasteiger partial charge >= 0.3 is 0 Å². The molecule has 2 heterocycles. The average Bonchev–Trinajstić information content (AvgIpc) is 3.16. The number of aryl methyl sites for hydroxylation is 1. The van der Waals surface area contributed by atoms with E-state index in [1.54, 1.807) is 12.4 Å². The molecule has 0 unspecified atom stereocenters. The fourth-order valence-electron chi connectivity index (χ4n) is 3.17. The minimum Gasteiger partial charge on any atom is -0.348 e. The van der Waals surface area contributed by atoms with E-state index >= 15 is 0 Å². The van der Waals surface area contributed by atoms with Crippen LogP contribution in [-0.4, -0.2) is 20.7 Å². The summed E-state index contributed by atoms with van der Waals surface area (Å²) in [6, 6.07) is 12.0. The van der Waals surface area contributed by atoms with E-state index in [1.807, 2.05) is 41.9 Å². The Morgan fingerprint density at radius 3 is 2.61 bits per heavy atom. The monoisotopic (exact) mass is 478 g/mol. The average molecular weight is 479 g/mol. The molecular formula is C25H27BrN4O. The molecule has 0 aliphatic heterocycles. The Hall–Kier alpha value is -2.99. The second-order valence-electron chi connectivity index (χ2n) is 7.41. The molecule has 31 heavy (non-hydrogen) atoms.